The summed E-state index contributed by atoms with van der Waals surface area (Å²) >= 11 is 1.04. The van der Waals surface area contributed by atoms with E-state index < -0.39 is 10.0 Å². The van der Waals surface area contributed by atoms with Gasteiger partial charge in [0.2, 0.25) is 10.0 Å². The normalized spacial score (nSPS) is 13.2. The number of hydrogen-bond acceptors (Lipinski definition) is 4. The molecule has 0 fully saturated rings. The van der Waals surface area contributed by atoms with Crippen LogP contribution in [0.2, 0.25) is 0 Å². The molecular formula is C18H20N2O3S2. The molecule has 0 bridgehead atoms. The quantitative estimate of drug-likeness (QED) is 0.743. The third-order valence-corrected chi connectivity index (χ3v) is 6.83. The van der Waals surface area contributed by atoms with E-state index in [0.717, 1.165) is 28.8 Å². The molecule has 132 valence electrons. The zero-order valence-corrected chi connectivity index (χ0v) is 15.9. The molecule has 1 atom stereocenters. The molecule has 3 rings (SSSR count). The van der Waals surface area contributed by atoms with Crippen LogP contribution in [0, 0.1) is 0 Å². The fraction of sp³-hybridized carbons (Fsp3) is 0.278. The molecule has 5 nitrogen and oxygen atoms in total. The maximum atomic E-state index is 12.7. The molecule has 0 aliphatic carbocycles. The lowest BCUT2D eigenvalue weighted by Gasteiger charge is -2.15. The van der Waals surface area contributed by atoms with E-state index in [9.17, 15) is 13.2 Å². The molecule has 1 aromatic heterocycles. The van der Waals surface area contributed by atoms with E-state index in [1.54, 1.807) is 19.2 Å². The van der Waals surface area contributed by atoms with E-state index in [1.165, 1.54) is 16.2 Å². The van der Waals surface area contributed by atoms with Crippen molar-refractivity contribution in [2.75, 3.05) is 0 Å². The Morgan fingerprint density at radius 1 is 1.16 bits per heavy atom. The maximum absolute atomic E-state index is 12.7. The van der Waals surface area contributed by atoms with Gasteiger partial charge in [-0.15, -0.1) is 0 Å². The first-order chi connectivity index (χ1) is 11.8. The second kappa shape index (κ2) is 6.74. The second-order valence-electron chi connectivity index (χ2n) is 5.99. The average molecular weight is 377 g/mol. The van der Waals surface area contributed by atoms with Crippen molar-refractivity contribution in [3.8, 4) is 0 Å². The molecule has 0 aliphatic rings. The summed E-state index contributed by atoms with van der Waals surface area (Å²) in [5.74, 6) is 0. The zero-order valence-electron chi connectivity index (χ0n) is 14.3. The summed E-state index contributed by atoms with van der Waals surface area (Å²) in [7, 11) is -2.00. The van der Waals surface area contributed by atoms with Gasteiger partial charge in [0, 0.05) is 13.1 Å². The van der Waals surface area contributed by atoms with Crippen LogP contribution in [-0.4, -0.2) is 13.0 Å². The summed E-state index contributed by atoms with van der Waals surface area (Å²) in [6, 6.07) is 12.3. The summed E-state index contributed by atoms with van der Waals surface area (Å²) in [5, 5.41) is 0. The number of nitrogens with one attached hydrogen (secondary N) is 1. The largest absolute Gasteiger partial charge is 0.307 e. The Morgan fingerprint density at radius 3 is 2.48 bits per heavy atom. The molecule has 1 heterocycles. The van der Waals surface area contributed by atoms with Crippen LogP contribution in [-0.2, 0) is 23.5 Å². The average Bonchev–Trinajstić information content (AvgIpc) is 2.88. The standard InChI is InChI=1S/C18H20N2O3S2/c1-4-13-5-7-14(8-6-13)12(2)19-25(22,23)15-9-10-16-17(11-15)24-18(21)20(16)3/h5-12,19H,4H2,1-3H3/t12-/m0/s1. The van der Waals surface area contributed by atoms with E-state index in [0.29, 0.717) is 4.70 Å². The van der Waals surface area contributed by atoms with E-state index in [4.69, 9.17) is 0 Å². The van der Waals surface area contributed by atoms with Gasteiger partial charge in [-0.1, -0.05) is 42.5 Å². The monoisotopic (exact) mass is 376 g/mol. The molecule has 0 unspecified atom stereocenters. The summed E-state index contributed by atoms with van der Waals surface area (Å²) in [4.78, 5) is 11.8. The molecule has 25 heavy (non-hydrogen) atoms. The van der Waals surface area contributed by atoms with Gasteiger partial charge in [-0.3, -0.25) is 4.79 Å². The number of benzene rings is 2. The molecule has 0 amide bonds. The predicted octanol–water partition coefficient (Wildman–Crippen LogP) is 3.20. The Hall–Kier alpha value is -1.96. The Kier molecular flexibility index (Phi) is 4.81. The second-order valence-corrected chi connectivity index (χ2v) is 8.70. The molecule has 0 saturated carbocycles. The first-order valence-corrected chi connectivity index (χ1v) is 10.3. The van der Waals surface area contributed by atoms with Crippen molar-refractivity contribution >= 4 is 31.6 Å². The topological polar surface area (TPSA) is 68.2 Å². The highest BCUT2D eigenvalue weighted by Crippen LogP contribution is 2.23. The van der Waals surface area contributed by atoms with E-state index >= 15 is 0 Å². The summed E-state index contributed by atoms with van der Waals surface area (Å²) in [5.41, 5.74) is 2.85. The van der Waals surface area contributed by atoms with Crippen molar-refractivity contribution in [2.45, 2.75) is 31.2 Å². The lowest BCUT2D eigenvalue weighted by atomic mass is 10.1. The van der Waals surface area contributed by atoms with Crippen molar-refractivity contribution < 1.29 is 8.42 Å². The lowest BCUT2D eigenvalue weighted by molar-refractivity contribution is 0.567. The molecule has 2 aromatic carbocycles. The van der Waals surface area contributed by atoms with Gasteiger partial charge in [0.05, 0.1) is 15.1 Å². The molecular weight excluding hydrogens is 356 g/mol. The van der Waals surface area contributed by atoms with Crippen LogP contribution in [0.15, 0.2) is 52.2 Å². The molecule has 7 heteroatoms. The van der Waals surface area contributed by atoms with Crippen LogP contribution in [0.5, 0.6) is 0 Å². The molecule has 0 spiro atoms. The number of rotatable bonds is 5. The van der Waals surface area contributed by atoms with Gasteiger partial charge in [0.25, 0.3) is 0 Å². The van der Waals surface area contributed by atoms with Crippen molar-refractivity contribution in [1.29, 1.82) is 0 Å². The molecule has 1 N–H and O–H groups in total. The van der Waals surface area contributed by atoms with E-state index in [-0.39, 0.29) is 15.8 Å². The third-order valence-electron chi connectivity index (χ3n) is 4.29. The first kappa shape index (κ1) is 17.8. The van der Waals surface area contributed by atoms with Gasteiger partial charge in [-0.05, 0) is 42.7 Å². The highest BCUT2D eigenvalue weighted by molar-refractivity contribution is 7.89. The van der Waals surface area contributed by atoms with Crippen LogP contribution in [0.4, 0.5) is 0 Å². The fourth-order valence-electron chi connectivity index (χ4n) is 2.69. The van der Waals surface area contributed by atoms with E-state index in [1.807, 2.05) is 31.2 Å². The van der Waals surface area contributed by atoms with Gasteiger partial charge in [-0.25, -0.2) is 13.1 Å². The van der Waals surface area contributed by atoms with Gasteiger partial charge >= 0.3 is 4.87 Å². The van der Waals surface area contributed by atoms with Crippen LogP contribution in [0.25, 0.3) is 10.2 Å². The molecule has 0 radical (unpaired) electrons. The van der Waals surface area contributed by atoms with Crippen molar-refractivity contribution in [3.63, 3.8) is 0 Å². The third kappa shape index (κ3) is 3.53. The van der Waals surface area contributed by atoms with Crippen LogP contribution < -0.4 is 9.60 Å². The van der Waals surface area contributed by atoms with Gasteiger partial charge < -0.3 is 4.57 Å². The fourth-order valence-corrected chi connectivity index (χ4v) is 4.94. The molecule has 0 saturated heterocycles. The number of fused-ring (bicyclic) bond motifs is 1. The van der Waals surface area contributed by atoms with Gasteiger partial charge in [0.15, 0.2) is 0 Å². The van der Waals surface area contributed by atoms with Gasteiger partial charge in [-0.2, -0.15) is 0 Å². The van der Waals surface area contributed by atoms with Crippen LogP contribution in [0.1, 0.15) is 31.0 Å². The smallest absolute Gasteiger partial charge is 0.302 e. The van der Waals surface area contributed by atoms with Crippen molar-refractivity contribution in [1.82, 2.24) is 9.29 Å². The number of nitrogens with zero attached hydrogens (tertiary/aromatic N) is 1. The van der Waals surface area contributed by atoms with Crippen LogP contribution in [0.3, 0.4) is 0 Å². The SMILES string of the molecule is CCc1ccc([C@H](C)NS(=O)(=O)c2ccc3c(c2)sc(=O)n3C)cc1. The zero-order chi connectivity index (χ0) is 18.2. The summed E-state index contributed by atoms with van der Waals surface area (Å²) < 4.78 is 30.2. The Bertz CT molecular complexity index is 1060. The number of aromatic nitrogens is 1. The highest BCUT2D eigenvalue weighted by atomic mass is 32.2. The molecule has 3 aromatic rings. The van der Waals surface area contributed by atoms with Gasteiger partial charge in [0.1, 0.15) is 0 Å². The van der Waals surface area contributed by atoms with Crippen LogP contribution >= 0.6 is 11.3 Å². The number of hydrogen-bond donors (Lipinski definition) is 1. The Balaban J connectivity index is 1.89. The summed E-state index contributed by atoms with van der Waals surface area (Å²) in [6.07, 6.45) is 0.945. The maximum Gasteiger partial charge on any atom is 0.307 e. The predicted molar refractivity (Wildman–Crippen MR) is 102 cm³/mol. The highest BCUT2D eigenvalue weighted by Gasteiger charge is 2.19. The molecule has 0 aliphatic heterocycles. The Labute approximate surface area is 151 Å². The Morgan fingerprint density at radius 2 is 1.84 bits per heavy atom. The minimum atomic E-state index is -3.67. The van der Waals surface area contributed by atoms with Crippen molar-refractivity contribution in [2.24, 2.45) is 7.05 Å². The van der Waals surface area contributed by atoms with Crippen molar-refractivity contribution in [3.05, 3.63) is 63.3 Å². The number of thiazole rings is 1. The lowest BCUT2D eigenvalue weighted by Crippen LogP contribution is -2.26. The number of sulfonamides is 1. The minimum absolute atomic E-state index is 0.109. The number of aryl methyl sites for hydroxylation is 2. The first-order valence-electron chi connectivity index (χ1n) is 8.02. The minimum Gasteiger partial charge on any atom is -0.302 e. The van der Waals surface area contributed by atoms with E-state index in [2.05, 4.69) is 11.6 Å². The summed E-state index contributed by atoms with van der Waals surface area (Å²) in [6.45, 7) is 3.90.